The van der Waals surface area contributed by atoms with E-state index in [4.69, 9.17) is 23.2 Å². The summed E-state index contributed by atoms with van der Waals surface area (Å²) in [6, 6.07) is 7.55. The summed E-state index contributed by atoms with van der Waals surface area (Å²) in [5, 5.41) is 4.48. The molecule has 4 nitrogen and oxygen atoms in total. The van der Waals surface area contributed by atoms with Gasteiger partial charge in [-0.25, -0.2) is 5.43 Å². The molecule has 1 saturated carbocycles. The van der Waals surface area contributed by atoms with Gasteiger partial charge in [-0.05, 0) is 55.9 Å². The number of nitrogens with zero attached hydrogens (tertiary/aromatic N) is 2. The highest BCUT2D eigenvalue weighted by Crippen LogP contribution is 2.27. The number of unbranched alkanes of at least 4 members (excludes halogenated alkanes) is 4. The Morgan fingerprint density at radius 3 is 2.45 bits per heavy atom. The maximum absolute atomic E-state index is 12.5. The number of anilines is 1. The molecule has 6 heteroatoms. The molecule has 162 valence electrons. The summed E-state index contributed by atoms with van der Waals surface area (Å²) in [5.41, 5.74) is 5.58. The Hall–Kier alpha value is -1.26. The molecule has 1 aromatic rings. The molecule has 0 saturated heterocycles. The van der Waals surface area contributed by atoms with Crippen LogP contribution in [0.15, 0.2) is 29.4 Å². The first-order chi connectivity index (χ1) is 14.2. The van der Waals surface area contributed by atoms with Gasteiger partial charge >= 0.3 is 0 Å². The third-order valence-corrected chi connectivity index (χ3v) is 5.96. The summed E-state index contributed by atoms with van der Waals surface area (Å²) in [4.78, 5) is 14.6. The molecule has 1 atom stereocenters. The van der Waals surface area contributed by atoms with Crippen molar-refractivity contribution in [2.45, 2.75) is 64.7 Å². The lowest BCUT2D eigenvalue weighted by molar-refractivity contribution is 0.0954. The first-order valence-electron chi connectivity index (χ1n) is 11.0. The van der Waals surface area contributed by atoms with Crippen molar-refractivity contribution in [3.63, 3.8) is 0 Å². The normalized spacial score (nSPS) is 17.6. The fourth-order valence-corrected chi connectivity index (χ4v) is 4.35. The summed E-state index contributed by atoms with van der Waals surface area (Å²) < 4.78 is 0. The molecule has 0 aromatic heterocycles. The maximum atomic E-state index is 12.5. The predicted octanol–water partition coefficient (Wildman–Crippen LogP) is 6.22. The molecule has 0 spiro atoms. The number of carbonyl (C=O) groups is 1. The standard InChI is InChI=1S/C23H35Cl2N3O/c1-2-3-4-5-6-8-19-9-7-10-22(19)26-27-23(29)20-11-13-21(14-12-20)28(17-15-24)18-16-25/h11-14,19H,2-10,15-18H2,1H3,(H,27,29)/b26-22-. The van der Waals surface area contributed by atoms with E-state index in [1.807, 2.05) is 24.3 Å². The van der Waals surface area contributed by atoms with E-state index in [0.717, 1.165) is 25.2 Å². The van der Waals surface area contributed by atoms with Crippen molar-refractivity contribution in [1.29, 1.82) is 0 Å². The molecule has 0 bridgehead atoms. The topological polar surface area (TPSA) is 44.7 Å². The number of rotatable bonds is 13. The molecule has 0 aliphatic heterocycles. The molecule has 1 amide bonds. The molecule has 2 rings (SSSR count). The second kappa shape index (κ2) is 13.9. The predicted molar refractivity (Wildman–Crippen MR) is 126 cm³/mol. The number of amides is 1. The molecule has 1 aliphatic carbocycles. The quantitative estimate of drug-likeness (QED) is 0.225. The third-order valence-electron chi connectivity index (χ3n) is 5.62. The lowest BCUT2D eigenvalue weighted by atomic mass is 9.98. The highest BCUT2D eigenvalue weighted by atomic mass is 35.5. The Balaban J connectivity index is 1.87. The molecule has 1 fully saturated rings. The van der Waals surface area contributed by atoms with Crippen molar-refractivity contribution in [3.05, 3.63) is 29.8 Å². The molecular weight excluding hydrogens is 405 g/mol. The number of nitrogens with one attached hydrogen (secondary N) is 1. The number of alkyl halides is 2. The molecular formula is C23H35Cl2N3O. The van der Waals surface area contributed by atoms with E-state index in [-0.39, 0.29) is 5.91 Å². The van der Waals surface area contributed by atoms with Crippen LogP contribution in [0.4, 0.5) is 5.69 Å². The van der Waals surface area contributed by atoms with Crippen LogP contribution < -0.4 is 10.3 Å². The minimum Gasteiger partial charge on any atom is -0.369 e. The van der Waals surface area contributed by atoms with Crippen molar-refractivity contribution in [2.75, 3.05) is 29.7 Å². The van der Waals surface area contributed by atoms with Crippen LogP contribution in [0.5, 0.6) is 0 Å². The third kappa shape index (κ3) is 8.18. The largest absolute Gasteiger partial charge is 0.369 e. The van der Waals surface area contributed by atoms with Gasteiger partial charge in [0.2, 0.25) is 0 Å². The van der Waals surface area contributed by atoms with Gasteiger partial charge in [0.15, 0.2) is 0 Å². The van der Waals surface area contributed by atoms with Gasteiger partial charge in [0, 0.05) is 41.8 Å². The number of hydrogen-bond acceptors (Lipinski definition) is 3. The van der Waals surface area contributed by atoms with E-state index in [0.29, 0.717) is 23.2 Å². The SMILES string of the molecule is CCCCCCCC1CCC/C1=N/NC(=O)c1ccc(N(CCCl)CCCl)cc1. The maximum Gasteiger partial charge on any atom is 0.271 e. The Bertz CT molecular complexity index is 628. The molecule has 1 N–H and O–H groups in total. The Morgan fingerprint density at radius 2 is 1.79 bits per heavy atom. The minimum absolute atomic E-state index is 0.154. The lowest BCUT2D eigenvalue weighted by Crippen LogP contribution is -2.27. The zero-order chi connectivity index (χ0) is 20.9. The summed E-state index contributed by atoms with van der Waals surface area (Å²) in [6.07, 6.45) is 11.1. The second-order valence-electron chi connectivity index (χ2n) is 7.75. The van der Waals surface area contributed by atoms with Crippen LogP contribution in [0.25, 0.3) is 0 Å². The molecule has 1 aliphatic rings. The smallest absolute Gasteiger partial charge is 0.271 e. The van der Waals surface area contributed by atoms with Gasteiger partial charge < -0.3 is 4.90 Å². The van der Waals surface area contributed by atoms with E-state index in [1.165, 1.54) is 57.1 Å². The highest BCUT2D eigenvalue weighted by molar-refractivity contribution is 6.18. The van der Waals surface area contributed by atoms with E-state index < -0.39 is 0 Å². The summed E-state index contributed by atoms with van der Waals surface area (Å²) >= 11 is 11.7. The van der Waals surface area contributed by atoms with Gasteiger partial charge in [-0.1, -0.05) is 39.0 Å². The van der Waals surface area contributed by atoms with Crippen LogP contribution in [0, 0.1) is 5.92 Å². The van der Waals surface area contributed by atoms with E-state index in [9.17, 15) is 4.79 Å². The van der Waals surface area contributed by atoms with Crippen molar-refractivity contribution in [2.24, 2.45) is 11.0 Å². The van der Waals surface area contributed by atoms with Crippen molar-refractivity contribution >= 4 is 40.5 Å². The Labute approximate surface area is 186 Å². The van der Waals surface area contributed by atoms with Gasteiger partial charge in [-0.3, -0.25) is 4.79 Å². The highest BCUT2D eigenvalue weighted by Gasteiger charge is 2.22. The molecule has 0 heterocycles. The lowest BCUT2D eigenvalue weighted by Gasteiger charge is -2.22. The van der Waals surface area contributed by atoms with Crippen molar-refractivity contribution in [3.8, 4) is 0 Å². The van der Waals surface area contributed by atoms with E-state index >= 15 is 0 Å². The van der Waals surface area contributed by atoms with Crippen LogP contribution in [0.1, 0.15) is 75.1 Å². The second-order valence-corrected chi connectivity index (χ2v) is 8.50. The van der Waals surface area contributed by atoms with Gasteiger partial charge in [-0.15, -0.1) is 23.2 Å². The number of hydrazone groups is 1. The van der Waals surface area contributed by atoms with Gasteiger partial charge in [0.05, 0.1) is 0 Å². The fraction of sp³-hybridized carbons (Fsp3) is 0.652. The van der Waals surface area contributed by atoms with Crippen molar-refractivity contribution in [1.82, 2.24) is 5.43 Å². The Kier molecular flexibility index (Phi) is 11.5. The van der Waals surface area contributed by atoms with Gasteiger partial charge in [0.25, 0.3) is 5.91 Å². The van der Waals surface area contributed by atoms with Crippen LogP contribution in [0.2, 0.25) is 0 Å². The molecule has 1 aromatic carbocycles. The summed E-state index contributed by atoms with van der Waals surface area (Å²) in [7, 11) is 0. The molecule has 0 radical (unpaired) electrons. The minimum atomic E-state index is -0.154. The van der Waals surface area contributed by atoms with Crippen LogP contribution in [-0.2, 0) is 0 Å². The zero-order valence-electron chi connectivity index (χ0n) is 17.6. The number of benzene rings is 1. The van der Waals surface area contributed by atoms with Gasteiger partial charge in [-0.2, -0.15) is 5.10 Å². The molecule has 29 heavy (non-hydrogen) atoms. The monoisotopic (exact) mass is 439 g/mol. The summed E-state index contributed by atoms with van der Waals surface area (Å²) in [6.45, 7) is 3.70. The van der Waals surface area contributed by atoms with Crippen molar-refractivity contribution < 1.29 is 4.79 Å². The first-order valence-corrected chi connectivity index (χ1v) is 12.1. The number of hydrogen-bond donors (Lipinski definition) is 1. The van der Waals surface area contributed by atoms with Gasteiger partial charge in [0.1, 0.15) is 0 Å². The summed E-state index contributed by atoms with van der Waals surface area (Å²) in [5.74, 6) is 1.46. The zero-order valence-corrected chi connectivity index (χ0v) is 19.1. The number of carbonyl (C=O) groups excluding carboxylic acids is 1. The van der Waals surface area contributed by atoms with Crippen LogP contribution in [-0.4, -0.2) is 36.5 Å². The average Bonchev–Trinajstić information content (AvgIpc) is 3.19. The number of halogens is 2. The van der Waals surface area contributed by atoms with Crippen LogP contribution in [0.3, 0.4) is 0 Å². The molecule has 1 unspecified atom stereocenters. The van der Waals surface area contributed by atoms with E-state index in [2.05, 4.69) is 22.4 Å². The van der Waals surface area contributed by atoms with E-state index in [1.54, 1.807) is 0 Å². The fourth-order valence-electron chi connectivity index (χ4n) is 3.94. The first kappa shape index (κ1) is 24.0. The average molecular weight is 440 g/mol. The van der Waals surface area contributed by atoms with Crippen LogP contribution >= 0.6 is 23.2 Å². The Morgan fingerprint density at radius 1 is 1.10 bits per heavy atom.